The largest absolute Gasteiger partial charge is 0.412 e. The zero-order valence-corrected chi connectivity index (χ0v) is 11.1. The minimum atomic E-state index is -0.436. The average Bonchev–Trinajstić information content (AvgIpc) is 3.09. The van der Waals surface area contributed by atoms with E-state index in [1.54, 1.807) is 24.0 Å². The third-order valence-corrected chi connectivity index (χ3v) is 3.44. The second-order valence-corrected chi connectivity index (χ2v) is 4.84. The molecule has 6 heteroatoms. The van der Waals surface area contributed by atoms with Crippen LogP contribution < -0.4 is 0 Å². The smallest absolute Gasteiger partial charge is 0.311 e. The van der Waals surface area contributed by atoms with E-state index in [2.05, 4.69) is 10.2 Å². The van der Waals surface area contributed by atoms with Crippen LogP contribution in [0.15, 0.2) is 22.6 Å². The van der Waals surface area contributed by atoms with Gasteiger partial charge in [0.1, 0.15) is 5.82 Å². The first kappa shape index (κ1) is 12.8. The molecule has 0 saturated carbocycles. The number of carbonyl (C=O) groups is 1. The second kappa shape index (κ2) is 5.03. The fourth-order valence-corrected chi connectivity index (χ4v) is 2.37. The number of amides is 1. The standard InChI is InChI=1S/C14H14FN3O2/c1-9-5-4-6-10(15)11(9)12-16-17-13(20-12)14(19)18-7-2-3-8-18/h4-6H,2-3,7-8H2,1H3. The van der Waals surface area contributed by atoms with Crippen LogP contribution in [0, 0.1) is 12.7 Å². The molecule has 5 nitrogen and oxygen atoms in total. The number of likely N-dealkylation sites (tertiary alicyclic amines) is 1. The summed E-state index contributed by atoms with van der Waals surface area (Å²) >= 11 is 0. The fourth-order valence-electron chi connectivity index (χ4n) is 2.37. The molecule has 2 heterocycles. The average molecular weight is 275 g/mol. The molecule has 1 aromatic heterocycles. The van der Waals surface area contributed by atoms with Crippen molar-refractivity contribution in [1.82, 2.24) is 15.1 Å². The number of rotatable bonds is 2. The number of benzene rings is 1. The van der Waals surface area contributed by atoms with Crippen LogP contribution >= 0.6 is 0 Å². The quantitative estimate of drug-likeness (QED) is 0.844. The first-order valence-electron chi connectivity index (χ1n) is 6.55. The lowest BCUT2D eigenvalue weighted by Gasteiger charge is -2.11. The Kier molecular flexibility index (Phi) is 3.22. The van der Waals surface area contributed by atoms with Gasteiger partial charge in [-0.2, -0.15) is 0 Å². The number of carbonyl (C=O) groups excluding carboxylic acids is 1. The molecule has 104 valence electrons. The molecule has 0 N–H and O–H groups in total. The summed E-state index contributed by atoms with van der Waals surface area (Å²) in [7, 11) is 0. The number of hydrogen-bond acceptors (Lipinski definition) is 4. The molecule has 1 aromatic carbocycles. The van der Waals surface area contributed by atoms with Crippen molar-refractivity contribution in [3.8, 4) is 11.5 Å². The van der Waals surface area contributed by atoms with E-state index in [-0.39, 0.29) is 23.3 Å². The van der Waals surface area contributed by atoms with Crippen molar-refractivity contribution < 1.29 is 13.6 Å². The molecule has 0 unspecified atom stereocenters. The lowest BCUT2D eigenvalue weighted by atomic mass is 10.1. The zero-order chi connectivity index (χ0) is 14.1. The highest BCUT2D eigenvalue weighted by atomic mass is 19.1. The van der Waals surface area contributed by atoms with Gasteiger partial charge in [-0.15, -0.1) is 10.2 Å². The summed E-state index contributed by atoms with van der Waals surface area (Å²) in [6, 6.07) is 4.69. The van der Waals surface area contributed by atoms with Gasteiger partial charge >= 0.3 is 11.8 Å². The molecule has 1 amide bonds. The molecule has 1 aliphatic heterocycles. The first-order valence-corrected chi connectivity index (χ1v) is 6.55. The van der Waals surface area contributed by atoms with Gasteiger partial charge in [-0.25, -0.2) is 4.39 Å². The summed E-state index contributed by atoms with van der Waals surface area (Å²) in [5.41, 5.74) is 0.939. The Hall–Kier alpha value is -2.24. The molecule has 1 aliphatic rings. The van der Waals surface area contributed by atoms with Gasteiger partial charge in [0, 0.05) is 13.1 Å². The number of aryl methyl sites for hydroxylation is 1. The Morgan fingerprint density at radius 2 is 2.05 bits per heavy atom. The number of aromatic nitrogens is 2. The van der Waals surface area contributed by atoms with Crippen LogP contribution in [0.4, 0.5) is 4.39 Å². The number of nitrogens with zero attached hydrogens (tertiary/aromatic N) is 3. The van der Waals surface area contributed by atoms with Crippen molar-refractivity contribution in [3.05, 3.63) is 35.5 Å². The summed E-state index contributed by atoms with van der Waals surface area (Å²) in [5, 5.41) is 7.54. The van der Waals surface area contributed by atoms with Crippen LogP contribution in [0.1, 0.15) is 29.1 Å². The molecule has 0 spiro atoms. The highest BCUT2D eigenvalue weighted by molar-refractivity contribution is 5.90. The van der Waals surface area contributed by atoms with Gasteiger partial charge in [-0.1, -0.05) is 12.1 Å². The molecule has 2 aromatic rings. The molecule has 3 rings (SSSR count). The molecular weight excluding hydrogens is 261 g/mol. The highest BCUT2D eigenvalue weighted by Gasteiger charge is 2.25. The van der Waals surface area contributed by atoms with Gasteiger partial charge in [-0.05, 0) is 31.4 Å². The third-order valence-electron chi connectivity index (χ3n) is 3.44. The topological polar surface area (TPSA) is 59.2 Å². The van der Waals surface area contributed by atoms with Crippen LogP contribution in [-0.2, 0) is 0 Å². The minimum absolute atomic E-state index is 0.0446. The van der Waals surface area contributed by atoms with Crippen molar-refractivity contribution in [2.75, 3.05) is 13.1 Å². The highest BCUT2D eigenvalue weighted by Crippen LogP contribution is 2.25. The molecule has 1 fully saturated rings. The molecule has 0 radical (unpaired) electrons. The van der Waals surface area contributed by atoms with Gasteiger partial charge in [-0.3, -0.25) is 4.79 Å². The zero-order valence-electron chi connectivity index (χ0n) is 11.1. The van der Waals surface area contributed by atoms with Crippen LogP contribution in [0.5, 0.6) is 0 Å². The summed E-state index contributed by atoms with van der Waals surface area (Å²) in [5.74, 6) is -0.753. The summed E-state index contributed by atoms with van der Waals surface area (Å²) < 4.78 is 19.2. The van der Waals surface area contributed by atoms with E-state index in [1.807, 2.05) is 0 Å². The van der Waals surface area contributed by atoms with Gasteiger partial charge < -0.3 is 9.32 Å². The molecule has 0 aliphatic carbocycles. The van der Waals surface area contributed by atoms with E-state index in [9.17, 15) is 9.18 Å². The van der Waals surface area contributed by atoms with Crippen molar-refractivity contribution in [3.63, 3.8) is 0 Å². The van der Waals surface area contributed by atoms with Gasteiger partial charge in [0.2, 0.25) is 0 Å². The first-order chi connectivity index (χ1) is 9.66. The molecule has 20 heavy (non-hydrogen) atoms. The lowest BCUT2D eigenvalue weighted by molar-refractivity contribution is 0.0754. The second-order valence-electron chi connectivity index (χ2n) is 4.84. The monoisotopic (exact) mass is 275 g/mol. The Morgan fingerprint density at radius 3 is 2.75 bits per heavy atom. The summed E-state index contributed by atoms with van der Waals surface area (Å²) in [6.07, 6.45) is 1.97. The maximum absolute atomic E-state index is 13.8. The molecular formula is C14H14FN3O2. The van der Waals surface area contributed by atoms with Crippen LogP contribution in [0.3, 0.4) is 0 Å². The Labute approximate surface area is 115 Å². The van der Waals surface area contributed by atoms with Crippen molar-refractivity contribution in [2.45, 2.75) is 19.8 Å². The van der Waals surface area contributed by atoms with E-state index in [0.29, 0.717) is 18.7 Å². The van der Waals surface area contributed by atoms with Gasteiger partial charge in [0.25, 0.3) is 5.89 Å². The van der Waals surface area contributed by atoms with Gasteiger partial charge in [0.15, 0.2) is 0 Å². The van der Waals surface area contributed by atoms with Crippen molar-refractivity contribution in [1.29, 1.82) is 0 Å². The summed E-state index contributed by atoms with van der Waals surface area (Å²) in [6.45, 7) is 3.16. The predicted octanol–water partition coefficient (Wildman–Crippen LogP) is 2.42. The van der Waals surface area contributed by atoms with Crippen LogP contribution in [-0.4, -0.2) is 34.1 Å². The Bertz CT molecular complexity index is 627. The number of halogens is 1. The Morgan fingerprint density at radius 1 is 1.30 bits per heavy atom. The Balaban J connectivity index is 1.92. The minimum Gasteiger partial charge on any atom is -0.412 e. The molecule has 0 atom stereocenters. The SMILES string of the molecule is Cc1cccc(F)c1-c1nnc(C(=O)N2CCCC2)o1. The van der Waals surface area contributed by atoms with Crippen LogP contribution in [0.2, 0.25) is 0 Å². The normalized spacial score (nSPS) is 14.8. The maximum atomic E-state index is 13.8. The maximum Gasteiger partial charge on any atom is 0.311 e. The molecule has 0 bridgehead atoms. The fraction of sp³-hybridized carbons (Fsp3) is 0.357. The van der Waals surface area contributed by atoms with E-state index >= 15 is 0 Å². The van der Waals surface area contributed by atoms with E-state index in [1.165, 1.54) is 6.07 Å². The van der Waals surface area contributed by atoms with E-state index in [4.69, 9.17) is 4.42 Å². The van der Waals surface area contributed by atoms with E-state index in [0.717, 1.165) is 12.8 Å². The lowest BCUT2D eigenvalue weighted by Crippen LogP contribution is -2.27. The molecule has 1 saturated heterocycles. The van der Waals surface area contributed by atoms with Crippen LogP contribution in [0.25, 0.3) is 11.5 Å². The van der Waals surface area contributed by atoms with E-state index < -0.39 is 5.82 Å². The van der Waals surface area contributed by atoms with Crippen molar-refractivity contribution >= 4 is 5.91 Å². The summed E-state index contributed by atoms with van der Waals surface area (Å²) in [4.78, 5) is 13.8. The third kappa shape index (κ3) is 2.17. The number of hydrogen-bond donors (Lipinski definition) is 0. The van der Waals surface area contributed by atoms with Gasteiger partial charge in [0.05, 0.1) is 5.56 Å². The van der Waals surface area contributed by atoms with Crippen molar-refractivity contribution in [2.24, 2.45) is 0 Å². The predicted molar refractivity (Wildman–Crippen MR) is 69.6 cm³/mol.